The van der Waals surface area contributed by atoms with Crippen LogP contribution in [0.25, 0.3) is 37.6 Å². The Morgan fingerprint density at radius 3 is 2.66 bits per heavy atom. The molecule has 0 bridgehead atoms. The first-order chi connectivity index (χ1) is 16.8. The molecule has 0 aliphatic carbocycles. The van der Waals surface area contributed by atoms with Gasteiger partial charge in [0.2, 0.25) is 5.82 Å². The molecule has 0 spiro atoms. The Morgan fingerprint density at radius 1 is 1.09 bits per heavy atom. The molecule has 6 aromatic rings. The summed E-state index contributed by atoms with van der Waals surface area (Å²) in [6, 6.07) is 10.3. The van der Waals surface area contributed by atoms with Gasteiger partial charge < -0.3 is 4.74 Å². The number of pyridine rings is 1. The van der Waals surface area contributed by atoms with Crippen LogP contribution in [0.4, 0.5) is 13.2 Å². The first-order valence-corrected chi connectivity index (χ1v) is 11.8. The monoisotopic (exact) mass is 559 g/mol. The SMILES string of the molecule is Cc1cc(C(F)(F)F)nc2sc3c(ncn4nc(-c5ccn(COc6ccc(Br)cc6)n5)nc34)c12. The number of hydrogen-bond donors (Lipinski definition) is 0. The van der Waals surface area contributed by atoms with E-state index >= 15 is 0 Å². The molecule has 5 aromatic heterocycles. The summed E-state index contributed by atoms with van der Waals surface area (Å²) in [5.74, 6) is 1.06. The Balaban J connectivity index is 1.36. The van der Waals surface area contributed by atoms with Crippen molar-refractivity contribution in [1.82, 2.24) is 34.3 Å². The molecule has 0 saturated heterocycles. The summed E-state index contributed by atoms with van der Waals surface area (Å²) in [6.45, 7) is 1.82. The minimum Gasteiger partial charge on any atom is -0.471 e. The lowest BCUT2D eigenvalue weighted by Gasteiger charge is -2.06. The highest BCUT2D eigenvalue weighted by atomic mass is 79.9. The summed E-state index contributed by atoms with van der Waals surface area (Å²) in [4.78, 5) is 13.1. The number of hydrogen-bond acceptors (Lipinski definition) is 7. The number of fused-ring (bicyclic) bond motifs is 5. The highest BCUT2D eigenvalue weighted by Crippen LogP contribution is 2.38. The van der Waals surface area contributed by atoms with Crippen LogP contribution in [0.1, 0.15) is 11.3 Å². The maximum Gasteiger partial charge on any atom is 0.433 e. The highest BCUT2D eigenvalue weighted by Gasteiger charge is 2.33. The van der Waals surface area contributed by atoms with E-state index in [9.17, 15) is 13.2 Å². The number of aromatic nitrogens is 7. The summed E-state index contributed by atoms with van der Waals surface area (Å²) in [5.41, 5.74) is 1.07. The third-order valence-corrected chi connectivity index (χ3v) is 6.90. The number of benzene rings is 1. The molecule has 13 heteroatoms. The van der Waals surface area contributed by atoms with Crippen molar-refractivity contribution in [3.8, 4) is 17.3 Å². The molecule has 6 rings (SSSR count). The van der Waals surface area contributed by atoms with Gasteiger partial charge in [-0.15, -0.1) is 16.4 Å². The van der Waals surface area contributed by atoms with Crippen molar-refractivity contribution < 1.29 is 17.9 Å². The maximum absolute atomic E-state index is 13.2. The Hall–Kier alpha value is -3.58. The summed E-state index contributed by atoms with van der Waals surface area (Å²) < 4.78 is 50.1. The van der Waals surface area contributed by atoms with Gasteiger partial charge in [0, 0.05) is 16.1 Å². The fraction of sp³-hybridized carbons (Fsp3) is 0.136. The van der Waals surface area contributed by atoms with Gasteiger partial charge in [0.15, 0.2) is 12.4 Å². The standard InChI is InChI=1S/C22H13BrF3N7OS/c1-11-8-15(22(24,25)26)28-21-16(11)17-18(35-21)20-29-19(31-33(20)9-27-17)14-6-7-32(30-14)10-34-13-4-2-12(23)3-5-13/h2-9H,10H2,1H3. The number of halogens is 4. The molecular weight excluding hydrogens is 547 g/mol. The summed E-state index contributed by atoms with van der Waals surface area (Å²) >= 11 is 4.49. The van der Waals surface area contributed by atoms with Gasteiger partial charge in [0.1, 0.15) is 33.0 Å². The number of ether oxygens (including phenoxy) is 1. The van der Waals surface area contributed by atoms with Crippen LogP contribution in [-0.4, -0.2) is 34.3 Å². The van der Waals surface area contributed by atoms with Gasteiger partial charge in [-0.2, -0.15) is 18.3 Å². The van der Waals surface area contributed by atoms with Crippen LogP contribution in [0, 0.1) is 6.92 Å². The van der Waals surface area contributed by atoms with E-state index in [0.29, 0.717) is 44.1 Å². The van der Waals surface area contributed by atoms with Gasteiger partial charge in [-0.05, 0) is 48.9 Å². The van der Waals surface area contributed by atoms with Gasteiger partial charge in [-0.3, -0.25) is 0 Å². The van der Waals surface area contributed by atoms with Gasteiger partial charge in [0.25, 0.3) is 0 Å². The van der Waals surface area contributed by atoms with Gasteiger partial charge in [-0.25, -0.2) is 24.1 Å². The summed E-state index contributed by atoms with van der Waals surface area (Å²) in [6.07, 6.45) is -1.29. The van der Waals surface area contributed by atoms with Gasteiger partial charge >= 0.3 is 6.18 Å². The molecule has 0 aliphatic rings. The molecular formula is C22H13BrF3N7OS. The molecule has 0 N–H and O–H groups in total. The highest BCUT2D eigenvalue weighted by molar-refractivity contribution is 9.10. The van der Waals surface area contributed by atoms with Crippen LogP contribution in [-0.2, 0) is 12.9 Å². The zero-order chi connectivity index (χ0) is 24.3. The van der Waals surface area contributed by atoms with Crippen molar-refractivity contribution in [1.29, 1.82) is 0 Å². The first-order valence-electron chi connectivity index (χ1n) is 10.2. The van der Waals surface area contributed by atoms with Crippen LogP contribution < -0.4 is 4.74 Å². The molecule has 0 aliphatic heterocycles. The zero-order valence-corrected chi connectivity index (χ0v) is 20.2. The van der Waals surface area contributed by atoms with E-state index in [0.717, 1.165) is 21.9 Å². The average Bonchev–Trinajstić information content (AvgIpc) is 3.53. The predicted molar refractivity (Wildman–Crippen MR) is 127 cm³/mol. The van der Waals surface area contributed by atoms with E-state index in [1.165, 1.54) is 10.8 Å². The smallest absolute Gasteiger partial charge is 0.433 e. The molecule has 0 saturated carbocycles. The van der Waals surface area contributed by atoms with E-state index < -0.39 is 11.9 Å². The van der Waals surface area contributed by atoms with E-state index in [1.807, 2.05) is 24.3 Å². The second-order valence-electron chi connectivity index (χ2n) is 7.70. The first kappa shape index (κ1) is 21.9. The summed E-state index contributed by atoms with van der Waals surface area (Å²) in [7, 11) is 0. The van der Waals surface area contributed by atoms with Crippen LogP contribution in [0.2, 0.25) is 0 Å². The van der Waals surface area contributed by atoms with Crippen molar-refractivity contribution in [2.75, 3.05) is 0 Å². The Kier molecular flexibility index (Phi) is 5.00. The van der Waals surface area contributed by atoms with Crippen molar-refractivity contribution in [2.45, 2.75) is 19.8 Å². The molecule has 35 heavy (non-hydrogen) atoms. The van der Waals surface area contributed by atoms with Gasteiger partial charge in [-0.1, -0.05) is 15.9 Å². The Morgan fingerprint density at radius 2 is 1.89 bits per heavy atom. The zero-order valence-electron chi connectivity index (χ0n) is 17.8. The van der Waals surface area contributed by atoms with Crippen molar-refractivity contribution in [3.05, 3.63) is 64.7 Å². The molecule has 5 heterocycles. The number of rotatable bonds is 4. The molecule has 0 atom stereocenters. The topological polar surface area (TPSA) is 83.0 Å². The molecule has 1 aromatic carbocycles. The number of aryl methyl sites for hydroxylation is 1. The minimum atomic E-state index is -4.53. The fourth-order valence-electron chi connectivity index (χ4n) is 3.69. The molecule has 176 valence electrons. The van der Waals surface area contributed by atoms with E-state index in [2.05, 4.69) is 41.1 Å². The molecule has 0 amide bonds. The van der Waals surface area contributed by atoms with E-state index in [4.69, 9.17) is 4.74 Å². The Bertz CT molecular complexity index is 1720. The summed E-state index contributed by atoms with van der Waals surface area (Å²) in [5, 5.41) is 9.51. The third kappa shape index (κ3) is 3.90. The quantitative estimate of drug-likeness (QED) is 0.268. The maximum atomic E-state index is 13.2. The largest absolute Gasteiger partial charge is 0.471 e. The van der Waals surface area contributed by atoms with Crippen molar-refractivity contribution >= 4 is 53.3 Å². The molecule has 0 unspecified atom stereocenters. The van der Waals surface area contributed by atoms with Crippen LogP contribution in [0.15, 0.2) is 53.4 Å². The van der Waals surface area contributed by atoms with Gasteiger partial charge in [0.05, 0.1) is 5.52 Å². The minimum absolute atomic E-state index is 0.198. The van der Waals surface area contributed by atoms with E-state index in [-0.39, 0.29) is 11.6 Å². The van der Waals surface area contributed by atoms with Crippen LogP contribution >= 0.6 is 27.3 Å². The van der Waals surface area contributed by atoms with Crippen molar-refractivity contribution in [3.63, 3.8) is 0 Å². The lowest BCUT2D eigenvalue weighted by atomic mass is 10.1. The van der Waals surface area contributed by atoms with Crippen LogP contribution in [0.5, 0.6) is 5.75 Å². The second-order valence-corrected chi connectivity index (χ2v) is 9.61. The normalized spacial score (nSPS) is 12.3. The lowest BCUT2D eigenvalue weighted by molar-refractivity contribution is -0.141. The number of thiophene rings is 1. The fourth-order valence-corrected chi connectivity index (χ4v) is 5.13. The lowest BCUT2D eigenvalue weighted by Crippen LogP contribution is -2.07. The molecule has 8 nitrogen and oxygen atoms in total. The number of alkyl halides is 3. The van der Waals surface area contributed by atoms with Crippen LogP contribution in [0.3, 0.4) is 0 Å². The molecule has 0 fully saturated rings. The third-order valence-electron chi connectivity index (χ3n) is 5.30. The molecule has 0 radical (unpaired) electrons. The average molecular weight is 560 g/mol. The predicted octanol–water partition coefficient (Wildman–Crippen LogP) is 5.88. The Labute approximate surface area is 207 Å². The second kappa shape index (κ2) is 7.99. The van der Waals surface area contributed by atoms with Crippen molar-refractivity contribution in [2.24, 2.45) is 0 Å². The number of nitrogens with zero attached hydrogens (tertiary/aromatic N) is 7. The van der Waals surface area contributed by atoms with E-state index in [1.54, 1.807) is 23.9 Å².